The van der Waals surface area contributed by atoms with Crippen LogP contribution in [-0.2, 0) is 0 Å². The first-order valence-corrected chi connectivity index (χ1v) is 4.41. The van der Waals surface area contributed by atoms with Crippen LogP contribution in [0.2, 0.25) is 0 Å². The van der Waals surface area contributed by atoms with Crippen molar-refractivity contribution < 1.29 is 0 Å². The lowest BCUT2D eigenvalue weighted by Crippen LogP contribution is -1.92. The summed E-state index contributed by atoms with van der Waals surface area (Å²) >= 11 is 3.62. The Bertz CT molecular complexity index is 110. The first-order chi connectivity index (χ1) is 3.80. The van der Waals surface area contributed by atoms with E-state index in [1.54, 1.807) is 0 Å². The fraction of sp³-hybridized carbons (Fsp3) is 0.333. The predicted molar refractivity (Wildman–Crippen MR) is 43.2 cm³/mol. The summed E-state index contributed by atoms with van der Waals surface area (Å²) in [5.41, 5.74) is 0. The zero-order valence-corrected chi connectivity index (χ0v) is 6.28. The molecule has 0 unspecified atom stereocenters. The Morgan fingerprint density at radius 1 is 1.00 bits per heavy atom. The summed E-state index contributed by atoms with van der Waals surface area (Å²) in [7, 11) is 0. The second kappa shape index (κ2) is 2.65. The lowest BCUT2D eigenvalue weighted by Gasteiger charge is -2.12. The highest BCUT2D eigenvalue weighted by molar-refractivity contribution is 8.11. The monoisotopic (exact) mass is 144 g/mol. The van der Waals surface area contributed by atoms with Gasteiger partial charge in [0.25, 0.3) is 0 Å². The van der Waals surface area contributed by atoms with Crippen LogP contribution in [-0.4, -0.2) is 11.5 Å². The van der Waals surface area contributed by atoms with Gasteiger partial charge in [-0.3, -0.25) is 0 Å². The smallest absolute Gasteiger partial charge is 0.0130 e. The topological polar surface area (TPSA) is 0 Å². The standard InChI is InChI=1S/C6H8S2/c1-5-6(2)8-4-3-7-5/h1-4H2. The minimum atomic E-state index is 1.15. The minimum Gasteiger partial charge on any atom is -0.125 e. The highest BCUT2D eigenvalue weighted by atomic mass is 32.2. The molecule has 8 heavy (non-hydrogen) atoms. The summed E-state index contributed by atoms with van der Waals surface area (Å²) in [5.74, 6) is 2.39. The summed E-state index contributed by atoms with van der Waals surface area (Å²) in [6.07, 6.45) is 0. The van der Waals surface area contributed by atoms with E-state index in [0.29, 0.717) is 0 Å². The zero-order valence-electron chi connectivity index (χ0n) is 4.64. The third-order valence-corrected chi connectivity index (χ3v) is 3.34. The van der Waals surface area contributed by atoms with E-state index < -0.39 is 0 Å². The molecule has 0 aromatic carbocycles. The van der Waals surface area contributed by atoms with Crippen LogP contribution >= 0.6 is 23.5 Å². The van der Waals surface area contributed by atoms with Gasteiger partial charge in [0.15, 0.2) is 0 Å². The normalized spacial score (nSPS) is 21.5. The molecule has 44 valence electrons. The third-order valence-electron chi connectivity index (χ3n) is 0.947. The van der Waals surface area contributed by atoms with Crippen LogP contribution in [0.1, 0.15) is 0 Å². The summed E-state index contributed by atoms with van der Waals surface area (Å²) < 4.78 is 0. The average Bonchev–Trinajstić information content (AvgIpc) is 1.77. The van der Waals surface area contributed by atoms with Crippen molar-refractivity contribution in [3.8, 4) is 0 Å². The second-order valence-corrected chi connectivity index (χ2v) is 3.92. The summed E-state index contributed by atoms with van der Waals surface area (Å²) in [4.78, 5) is 2.31. The van der Waals surface area contributed by atoms with Gasteiger partial charge in [-0.1, -0.05) is 13.2 Å². The number of hydrogen-bond acceptors (Lipinski definition) is 2. The van der Waals surface area contributed by atoms with Gasteiger partial charge in [-0.2, -0.15) is 0 Å². The van der Waals surface area contributed by atoms with Crippen LogP contribution in [0, 0.1) is 0 Å². The van der Waals surface area contributed by atoms with E-state index >= 15 is 0 Å². The first-order valence-electron chi connectivity index (χ1n) is 2.44. The maximum atomic E-state index is 3.84. The summed E-state index contributed by atoms with van der Waals surface area (Å²) in [6, 6.07) is 0. The molecule has 0 atom stereocenters. The molecule has 1 aliphatic rings. The van der Waals surface area contributed by atoms with Crippen molar-refractivity contribution in [3.05, 3.63) is 23.0 Å². The molecule has 0 radical (unpaired) electrons. The molecule has 0 aromatic rings. The van der Waals surface area contributed by atoms with E-state index in [2.05, 4.69) is 13.2 Å². The van der Waals surface area contributed by atoms with Crippen molar-refractivity contribution in [2.24, 2.45) is 0 Å². The maximum Gasteiger partial charge on any atom is 0.0130 e. The van der Waals surface area contributed by atoms with Crippen molar-refractivity contribution in [2.75, 3.05) is 11.5 Å². The fourth-order valence-electron chi connectivity index (χ4n) is 0.491. The van der Waals surface area contributed by atoms with Gasteiger partial charge >= 0.3 is 0 Å². The van der Waals surface area contributed by atoms with Crippen LogP contribution in [0.25, 0.3) is 0 Å². The number of thioether (sulfide) groups is 2. The maximum absolute atomic E-state index is 3.84. The van der Waals surface area contributed by atoms with Gasteiger partial charge < -0.3 is 0 Å². The zero-order chi connectivity index (χ0) is 5.98. The second-order valence-electron chi connectivity index (χ2n) is 1.54. The molecule has 0 N–H and O–H groups in total. The molecular formula is C6H8S2. The lowest BCUT2D eigenvalue weighted by atomic mass is 10.6. The predicted octanol–water partition coefficient (Wildman–Crippen LogP) is 2.49. The molecule has 2 heteroatoms. The van der Waals surface area contributed by atoms with Gasteiger partial charge in [-0.15, -0.1) is 23.5 Å². The van der Waals surface area contributed by atoms with Crippen molar-refractivity contribution in [2.45, 2.75) is 0 Å². The lowest BCUT2D eigenvalue weighted by molar-refractivity contribution is 1.54. The minimum absolute atomic E-state index is 1.15. The highest BCUT2D eigenvalue weighted by Gasteiger charge is 2.06. The van der Waals surface area contributed by atoms with E-state index in [1.807, 2.05) is 23.5 Å². The highest BCUT2D eigenvalue weighted by Crippen LogP contribution is 2.34. The largest absolute Gasteiger partial charge is 0.125 e. The SMILES string of the molecule is C=C1SCCSC1=C. The van der Waals surface area contributed by atoms with E-state index in [1.165, 1.54) is 11.5 Å². The Hall–Kier alpha value is 0.180. The van der Waals surface area contributed by atoms with E-state index in [0.717, 1.165) is 9.81 Å². The molecular weight excluding hydrogens is 136 g/mol. The van der Waals surface area contributed by atoms with Gasteiger partial charge in [-0.05, 0) is 0 Å². The van der Waals surface area contributed by atoms with Crippen molar-refractivity contribution in [1.29, 1.82) is 0 Å². The molecule has 1 rings (SSSR count). The quantitative estimate of drug-likeness (QED) is 0.512. The summed E-state index contributed by atoms with van der Waals surface area (Å²) in [5, 5.41) is 0. The van der Waals surface area contributed by atoms with Gasteiger partial charge in [0.05, 0.1) is 0 Å². The Morgan fingerprint density at radius 3 is 1.62 bits per heavy atom. The van der Waals surface area contributed by atoms with E-state index in [4.69, 9.17) is 0 Å². The average molecular weight is 144 g/mol. The molecule has 0 amide bonds. The molecule has 0 spiro atoms. The molecule has 0 nitrogen and oxygen atoms in total. The summed E-state index contributed by atoms with van der Waals surface area (Å²) in [6.45, 7) is 7.68. The fourth-order valence-corrected chi connectivity index (χ4v) is 2.33. The Kier molecular flexibility index (Phi) is 2.08. The van der Waals surface area contributed by atoms with Gasteiger partial charge in [0, 0.05) is 21.3 Å². The molecule has 0 bridgehead atoms. The Morgan fingerprint density at radius 2 is 1.38 bits per heavy atom. The van der Waals surface area contributed by atoms with Crippen molar-refractivity contribution in [3.63, 3.8) is 0 Å². The molecule has 1 saturated heterocycles. The number of hydrogen-bond donors (Lipinski definition) is 0. The molecule has 0 saturated carbocycles. The van der Waals surface area contributed by atoms with Gasteiger partial charge in [0.1, 0.15) is 0 Å². The Balaban J connectivity index is 2.52. The molecule has 1 heterocycles. The van der Waals surface area contributed by atoms with Gasteiger partial charge in [0.2, 0.25) is 0 Å². The first kappa shape index (κ1) is 6.30. The van der Waals surface area contributed by atoms with Gasteiger partial charge in [-0.25, -0.2) is 0 Å². The molecule has 1 aliphatic heterocycles. The number of rotatable bonds is 0. The van der Waals surface area contributed by atoms with Crippen LogP contribution < -0.4 is 0 Å². The molecule has 1 fully saturated rings. The Labute approximate surface area is 58.4 Å². The van der Waals surface area contributed by atoms with Crippen molar-refractivity contribution >= 4 is 23.5 Å². The van der Waals surface area contributed by atoms with Crippen LogP contribution in [0.15, 0.2) is 23.0 Å². The van der Waals surface area contributed by atoms with E-state index in [9.17, 15) is 0 Å². The van der Waals surface area contributed by atoms with Crippen molar-refractivity contribution in [1.82, 2.24) is 0 Å². The molecule has 0 aromatic heterocycles. The van der Waals surface area contributed by atoms with E-state index in [-0.39, 0.29) is 0 Å². The van der Waals surface area contributed by atoms with Crippen LogP contribution in [0.3, 0.4) is 0 Å². The van der Waals surface area contributed by atoms with Crippen LogP contribution in [0.5, 0.6) is 0 Å². The van der Waals surface area contributed by atoms with Crippen LogP contribution in [0.4, 0.5) is 0 Å². The third kappa shape index (κ3) is 1.33. The molecule has 0 aliphatic carbocycles.